The van der Waals surface area contributed by atoms with Gasteiger partial charge in [0.2, 0.25) is 0 Å². The van der Waals surface area contributed by atoms with Crippen LogP contribution in [0, 0.1) is 0 Å². The number of halogens is 2. The zero-order chi connectivity index (χ0) is 14.5. The minimum atomic E-state index is -0.504. The largest absolute Gasteiger partial charge is 0.394 e. The lowest BCUT2D eigenvalue weighted by Gasteiger charge is -2.17. The molecule has 0 bridgehead atoms. The van der Waals surface area contributed by atoms with Gasteiger partial charge < -0.3 is 10.4 Å². The summed E-state index contributed by atoms with van der Waals surface area (Å²) in [5.41, 5.74) is 1.02. The zero-order valence-electron chi connectivity index (χ0n) is 10.4. The fourth-order valence-corrected chi connectivity index (χ4v) is 2.17. The fourth-order valence-electron chi connectivity index (χ4n) is 1.74. The number of hydrogen-bond acceptors (Lipinski definition) is 3. The van der Waals surface area contributed by atoms with E-state index in [1.165, 1.54) is 12.1 Å². The van der Waals surface area contributed by atoms with Crippen molar-refractivity contribution >= 4 is 29.1 Å². The van der Waals surface area contributed by atoms with Gasteiger partial charge >= 0.3 is 0 Å². The molecule has 1 aromatic heterocycles. The topological polar surface area (TPSA) is 62.2 Å². The quantitative estimate of drug-likeness (QED) is 0.854. The van der Waals surface area contributed by atoms with E-state index in [9.17, 15) is 9.90 Å². The van der Waals surface area contributed by atoms with Gasteiger partial charge in [0.25, 0.3) is 5.91 Å². The molecule has 2 rings (SSSR count). The molecule has 0 aliphatic carbocycles. The summed E-state index contributed by atoms with van der Waals surface area (Å²) >= 11 is 11.6. The lowest BCUT2D eigenvalue weighted by molar-refractivity contribution is 0.0916. The smallest absolute Gasteiger partial charge is 0.254 e. The number of amides is 1. The van der Waals surface area contributed by atoms with Gasteiger partial charge in [-0.1, -0.05) is 53.5 Å². The summed E-state index contributed by atoms with van der Waals surface area (Å²) in [6.45, 7) is -0.214. The second-order valence-corrected chi connectivity index (χ2v) is 4.84. The van der Waals surface area contributed by atoms with Crippen LogP contribution in [0.4, 0.5) is 0 Å². The molecular weight excluding hydrogens is 299 g/mol. The first-order valence-corrected chi connectivity index (χ1v) is 6.66. The number of aliphatic hydroxyl groups excluding tert-OH is 1. The van der Waals surface area contributed by atoms with Gasteiger partial charge in [-0.25, -0.2) is 4.98 Å². The summed E-state index contributed by atoms with van der Waals surface area (Å²) < 4.78 is 0. The predicted molar refractivity (Wildman–Crippen MR) is 78.0 cm³/mol. The second-order valence-electron chi connectivity index (χ2n) is 4.09. The highest BCUT2D eigenvalue weighted by Crippen LogP contribution is 2.18. The predicted octanol–water partition coefficient (Wildman–Crippen LogP) is 2.85. The van der Waals surface area contributed by atoms with E-state index in [-0.39, 0.29) is 22.5 Å². The van der Waals surface area contributed by atoms with Crippen LogP contribution in [0.2, 0.25) is 10.3 Å². The second kappa shape index (κ2) is 6.70. The molecule has 4 nitrogen and oxygen atoms in total. The number of nitrogens with one attached hydrogen (secondary N) is 1. The fraction of sp³-hybridized carbons (Fsp3) is 0.143. The van der Waals surface area contributed by atoms with Crippen LogP contribution in [-0.4, -0.2) is 22.6 Å². The Morgan fingerprint density at radius 3 is 2.50 bits per heavy atom. The lowest BCUT2D eigenvalue weighted by Crippen LogP contribution is -2.31. The molecule has 0 saturated heterocycles. The lowest BCUT2D eigenvalue weighted by atomic mass is 10.1. The number of aliphatic hydroxyl groups is 1. The van der Waals surface area contributed by atoms with E-state index in [0.717, 1.165) is 5.56 Å². The molecule has 0 spiro atoms. The van der Waals surface area contributed by atoms with E-state index in [1.54, 1.807) is 0 Å². The van der Waals surface area contributed by atoms with Crippen LogP contribution in [0.15, 0.2) is 42.5 Å². The third-order valence-electron chi connectivity index (χ3n) is 2.75. The van der Waals surface area contributed by atoms with Gasteiger partial charge in [-0.3, -0.25) is 4.79 Å². The van der Waals surface area contributed by atoms with E-state index in [0.29, 0.717) is 0 Å². The Morgan fingerprint density at radius 2 is 1.90 bits per heavy atom. The van der Waals surface area contributed by atoms with Gasteiger partial charge in [0.15, 0.2) is 0 Å². The summed E-state index contributed by atoms with van der Waals surface area (Å²) in [5.74, 6) is -0.415. The van der Waals surface area contributed by atoms with E-state index in [2.05, 4.69) is 10.3 Å². The van der Waals surface area contributed by atoms with Crippen molar-refractivity contribution in [3.63, 3.8) is 0 Å². The van der Waals surface area contributed by atoms with E-state index < -0.39 is 11.9 Å². The SMILES string of the molecule is O=C(NC(CO)c1ccccc1)c1ccc(Cl)nc1Cl. The monoisotopic (exact) mass is 310 g/mol. The maximum absolute atomic E-state index is 12.1. The Bertz CT molecular complexity index is 605. The number of carbonyl (C=O) groups excluding carboxylic acids is 1. The summed E-state index contributed by atoms with van der Waals surface area (Å²) in [6.07, 6.45) is 0. The number of rotatable bonds is 4. The van der Waals surface area contributed by atoms with Crippen molar-refractivity contribution in [3.8, 4) is 0 Å². The summed E-state index contributed by atoms with van der Waals surface area (Å²) in [7, 11) is 0. The number of carbonyl (C=O) groups is 1. The van der Waals surface area contributed by atoms with E-state index >= 15 is 0 Å². The highest BCUT2D eigenvalue weighted by molar-refractivity contribution is 6.34. The Morgan fingerprint density at radius 1 is 1.20 bits per heavy atom. The average Bonchev–Trinajstić information content (AvgIpc) is 2.45. The van der Waals surface area contributed by atoms with Crippen molar-refractivity contribution in [1.29, 1.82) is 0 Å². The molecule has 1 unspecified atom stereocenters. The van der Waals surface area contributed by atoms with Crippen LogP contribution in [0.5, 0.6) is 0 Å². The van der Waals surface area contributed by atoms with Crippen molar-refractivity contribution in [3.05, 3.63) is 63.9 Å². The van der Waals surface area contributed by atoms with Gasteiger partial charge in [0.05, 0.1) is 18.2 Å². The standard InChI is InChI=1S/C14H12Cl2N2O2/c15-12-7-6-10(13(16)18-12)14(20)17-11(8-19)9-4-2-1-3-5-9/h1-7,11,19H,8H2,(H,17,20). The average molecular weight is 311 g/mol. The van der Waals surface area contributed by atoms with Crippen molar-refractivity contribution < 1.29 is 9.90 Å². The Labute approximate surface area is 126 Å². The van der Waals surface area contributed by atoms with Gasteiger partial charge in [0, 0.05) is 0 Å². The highest BCUT2D eigenvalue weighted by Gasteiger charge is 2.17. The molecule has 20 heavy (non-hydrogen) atoms. The Hall–Kier alpha value is -1.62. The number of nitrogens with zero attached hydrogens (tertiary/aromatic N) is 1. The van der Waals surface area contributed by atoms with Gasteiger partial charge in [0.1, 0.15) is 10.3 Å². The van der Waals surface area contributed by atoms with Crippen LogP contribution in [0.3, 0.4) is 0 Å². The first kappa shape index (κ1) is 14.8. The first-order valence-electron chi connectivity index (χ1n) is 5.90. The summed E-state index contributed by atoms with van der Waals surface area (Å²) in [6, 6.07) is 11.6. The Balaban J connectivity index is 2.17. The molecule has 2 aromatic rings. The van der Waals surface area contributed by atoms with Crippen LogP contribution in [0.1, 0.15) is 22.0 Å². The highest BCUT2D eigenvalue weighted by atomic mass is 35.5. The molecule has 0 fully saturated rings. The molecule has 0 aliphatic heterocycles. The normalized spacial score (nSPS) is 11.9. The van der Waals surface area contributed by atoms with Gasteiger partial charge in [-0.2, -0.15) is 0 Å². The minimum Gasteiger partial charge on any atom is -0.394 e. The first-order chi connectivity index (χ1) is 9.61. The number of aromatic nitrogens is 1. The van der Waals surface area contributed by atoms with Crippen molar-refractivity contribution in [2.24, 2.45) is 0 Å². The maximum Gasteiger partial charge on any atom is 0.254 e. The molecule has 0 radical (unpaired) electrons. The number of hydrogen-bond donors (Lipinski definition) is 2. The van der Waals surface area contributed by atoms with Gasteiger partial charge in [-0.05, 0) is 17.7 Å². The molecule has 0 aliphatic rings. The molecule has 6 heteroatoms. The molecular formula is C14H12Cl2N2O2. The molecule has 1 amide bonds. The minimum absolute atomic E-state index is 0.0275. The van der Waals surface area contributed by atoms with E-state index in [1.807, 2.05) is 30.3 Å². The summed E-state index contributed by atoms with van der Waals surface area (Å²) in [4.78, 5) is 15.9. The molecule has 104 valence electrons. The van der Waals surface area contributed by atoms with E-state index in [4.69, 9.17) is 23.2 Å². The molecule has 1 atom stereocenters. The zero-order valence-corrected chi connectivity index (χ0v) is 11.9. The third-order valence-corrected chi connectivity index (χ3v) is 3.25. The van der Waals surface area contributed by atoms with Crippen LogP contribution in [0.25, 0.3) is 0 Å². The molecule has 2 N–H and O–H groups in total. The van der Waals surface area contributed by atoms with Crippen molar-refractivity contribution in [2.45, 2.75) is 6.04 Å². The maximum atomic E-state index is 12.1. The number of benzene rings is 1. The van der Waals surface area contributed by atoms with Gasteiger partial charge in [-0.15, -0.1) is 0 Å². The van der Waals surface area contributed by atoms with Crippen molar-refractivity contribution in [2.75, 3.05) is 6.61 Å². The third kappa shape index (κ3) is 3.48. The number of pyridine rings is 1. The summed E-state index contributed by atoms with van der Waals surface area (Å²) in [5, 5.41) is 12.4. The molecule has 1 heterocycles. The van der Waals surface area contributed by atoms with Crippen molar-refractivity contribution in [1.82, 2.24) is 10.3 Å². The van der Waals surface area contributed by atoms with Crippen LogP contribution in [-0.2, 0) is 0 Å². The molecule has 1 aromatic carbocycles. The van der Waals surface area contributed by atoms with Crippen LogP contribution < -0.4 is 5.32 Å². The molecule has 0 saturated carbocycles. The Kier molecular flexibility index (Phi) is 4.95. The van der Waals surface area contributed by atoms with Crippen LogP contribution >= 0.6 is 23.2 Å².